The molecule has 0 unspecified atom stereocenters. The van der Waals surface area contributed by atoms with E-state index in [1.807, 2.05) is 6.92 Å². The lowest BCUT2D eigenvalue weighted by Gasteiger charge is -2.52. The minimum absolute atomic E-state index is 0.0578. The Morgan fingerprint density at radius 2 is 1.90 bits per heavy atom. The van der Waals surface area contributed by atoms with Crippen molar-refractivity contribution in [1.82, 2.24) is 0 Å². The average Bonchev–Trinajstić information content (AvgIpc) is 3.68. The van der Waals surface area contributed by atoms with Crippen LogP contribution in [-0.2, 0) is 42.8 Å². The van der Waals surface area contributed by atoms with Gasteiger partial charge in [-0.2, -0.15) is 0 Å². The topological polar surface area (TPSA) is 150 Å². The second-order valence-corrected chi connectivity index (χ2v) is 12.8. The highest BCUT2D eigenvalue weighted by molar-refractivity contribution is 5.82. The molecule has 232 valence electrons. The average molecular weight is 591 g/mol. The van der Waals surface area contributed by atoms with Crippen LogP contribution in [0.25, 0.3) is 0 Å². The van der Waals surface area contributed by atoms with Crippen molar-refractivity contribution in [2.24, 2.45) is 17.3 Å². The normalized spacial score (nSPS) is 46.2. The molecule has 1 spiro atoms. The summed E-state index contributed by atoms with van der Waals surface area (Å²) >= 11 is 0. The van der Waals surface area contributed by atoms with Crippen LogP contribution in [0.5, 0.6) is 0 Å². The van der Waals surface area contributed by atoms with Gasteiger partial charge in [0.05, 0.1) is 44.6 Å². The minimum atomic E-state index is -1.64. The smallest absolute Gasteiger partial charge is 0.331 e. The van der Waals surface area contributed by atoms with E-state index in [-0.39, 0.29) is 37.3 Å². The predicted molar refractivity (Wildman–Crippen MR) is 147 cm³/mol. The number of rotatable bonds is 2. The van der Waals surface area contributed by atoms with E-state index in [0.29, 0.717) is 19.4 Å². The lowest BCUT2D eigenvalue weighted by atomic mass is 9.57. The van der Waals surface area contributed by atoms with Gasteiger partial charge in [-0.1, -0.05) is 36.8 Å². The second kappa shape index (κ2) is 11.5. The fourth-order valence-electron chi connectivity index (χ4n) is 7.53. The summed E-state index contributed by atoms with van der Waals surface area (Å²) in [5.41, 5.74) is -1.70. The third kappa shape index (κ3) is 5.57. The third-order valence-electron chi connectivity index (χ3n) is 9.75. The largest absolute Gasteiger partial charge is 0.465 e. The van der Waals surface area contributed by atoms with E-state index in [1.165, 1.54) is 39.0 Å². The Kier molecular flexibility index (Phi) is 8.45. The zero-order valence-corrected chi connectivity index (χ0v) is 24.8. The van der Waals surface area contributed by atoms with E-state index < -0.39 is 65.4 Å². The first-order chi connectivity index (χ1) is 19.8. The molecular weight excluding hydrogens is 548 g/mol. The SMILES string of the molecule is CC(=O)O[C@]1(C)CC(=O)OC[C@@H]2CC(C)=C[C@H]3O[C@@H]4C[C@@H](OC(=O)/C=C\C=C\[C@@H]([C@H](C)O)OC[C@@H]1O)[C@](C)([C@H]23)[C@@]41CO1. The first-order valence-corrected chi connectivity index (χ1v) is 14.6. The molecule has 2 saturated heterocycles. The van der Waals surface area contributed by atoms with Gasteiger partial charge in [-0.25, -0.2) is 4.79 Å². The van der Waals surface area contributed by atoms with Crippen molar-refractivity contribution in [1.29, 1.82) is 0 Å². The Bertz CT molecular complexity index is 1170. The maximum Gasteiger partial charge on any atom is 0.331 e. The molecule has 11 heteroatoms. The van der Waals surface area contributed by atoms with Gasteiger partial charge < -0.3 is 38.6 Å². The van der Waals surface area contributed by atoms with Crippen LogP contribution in [0, 0.1) is 17.3 Å². The standard InChI is InChI=1S/C31H42O11/c1-17-10-20-14-38-27(36)13-29(4,42-19(3)33)23(34)15-37-21(18(2)32)8-6-7-9-26(35)41-24-12-25-31(16-39-31)30(24,5)28(20)22(11-17)40-25/h6-9,11,18,20-25,28,32,34H,10,12-16H2,1-5H3/b8-6+,9-7-/t18-,20-,21-,22+,23-,24+,25+,28+,29+,30+,31+/m0/s1. The second-order valence-electron chi connectivity index (χ2n) is 12.8. The number of aliphatic hydroxyl groups is 2. The molecule has 0 aromatic heterocycles. The molecular formula is C31H42O11. The molecule has 1 saturated carbocycles. The fraction of sp³-hybridized carbons (Fsp3) is 0.710. The van der Waals surface area contributed by atoms with Crippen LogP contribution in [0.4, 0.5) is 0 Å². The zero-order chi connectivity index (χ0) is 30.4. The van der Waals surface area contributed by atoms with Crippen LogP contribution in [0.1, 0.15) is 53.9 Å². The highest BCUT2D eigenvalue weighted by Gasteiger charge is 2.79. The number of epoxide rings is 1. The molecule has 5 rings (SSSR count). The molecule has 11 nitrogen and oxygen atoms in total. The molecule has 5 aliphatic rings. The predicted octanol–water partition coefficient (Wildman–Crippen LogP) is 1.94. The molecule has 11 atom stereocenters. The number of aliphatic hydroxyl groups excluding tert-OH is 2. The van der Waals surface area contributed by atoms with Crippen molar-refractivity contribution in [2.45, 2.75) is 102 Å². The fourth-order valence-corrected chi connectivity index (χ4v) is 7.53. The molecule has 2 N–H and O–H groups in total. The van der Waals surface area contributed by atoms with Crippen LogP contribution in [0.3, 0.4) is 0 Å². The lowest BCUT2D eigenvalue weighted by Crippen LogP contribution is -2.60. The van der Waals surface area contributed by atoms with Gasteiger partial charge in [0.25, 0.3) is 0 Å². The van der Waals surface area contributed by atoms with Crippen LogP contribution in [-0.4, -0.2) is 95.8 Å². The molecule has 2 aliphatic carbocycles. The Labute approximate surface area is 245 Å². The molecule has 0 aromatic rings. The van der Waals surface area contributed by atoms with Gasteiger partial charge in [0.2, 0.25) is 0 Å². The van der Waals surface area contributed by atoms with Gasteiger partial charge >= 0.3 is 17.9 Å². The number of carbonyl (C=O) groups excluding carboxylic acids is 3. The highest BCUT2D eigenvalue weighted by Crippen LogP contribution is 2.68. The maximum atomic E-state index is 13.2. The summed E-state index contributed by atoms with van der Waals surface area (Å²) in [4.78, 5) is 38.1. The van der Waals surface area contributed by atoms with Gasteiger partial charge in [0, 0.05) is 36.7 Å². The number of cyclic esters (lactones) is 1. The maximum absolute atomic E-state index is 13.2. The Balaban J connectivity index is 1.48. The summed E-state index contributed by atoms with van der Waals surface area (Å²) < 4.78 is 35.6. The van der Waals surface area contributed by atoms with Crippen LogP contribution in [0.2, 0.25) is 0 Å². The number of allylic oxidation sites excluding steroid dienone is 3. The first kappa shape index (κ1) is 30.9. The molecule has 3 aliphatic heterocycles. The van der Waals surface area contributed by atoms with Gasteiger partial charge in [0.1, 0.15) is 29.5 Å². The van der Waals surface area contributed by atoms with Gasteiger partial charge in [-0.15, -0.1) is 0 Å². The molecule has 3 fully saturated rings. The van der Waals surface area contributed by atoms with Gasteiger partial charge in [0.15, 0.2) is 0 Å². The van der Waals surface area contributed by atoms with Crippen molar-refractivity contribution in [3.05, 3.63) is 36.0 Å². The van der Waals surface area contributed by atoms with E-state index in [2.05, 4.69) is 13.0 Å². The summed E-state index contributed by atoms with van der Waals surface area (Å²) in [6.07, 6.45) is 4.54. The number of hydrogen-bond donors (Lipinski definition) is 2. The zero-order valence-electron chi connectivity index (χ0n) is 24.8. The summed E-state index contributed by atoms with van der Waals surface area (Å²) in [7, 11) is 0. The monoisotopic (exact) mass is 590 g/mol. The number of carbonyl (C=O) groups is 3. The number of esters is 3. The third-order valence-corrected chi connectivity index (χ3v) is 9.75. The van der Waals surface area contributed by atoms with Gasteiger partial charge in [-0.05, 0) is 27.2 Å². The lowest BCUT2D eigenvalue weighted by molar-refractivity contribution is -0.191. The van der Waals surface area contributed by atoms with Crippen LogP contribution >= 0.6 is 0 Å². The van der Waals surface area contributed by atoms with E-state index in [4.69, 9.17) is 28.4 Å². The van der Waals surface area contributed by atoms with Crippen molar-refractivity contribution in [2.75, 3.05) is 19.8 Å². The minimum Gasteiger partial charge on any atom is -0.465 e. The highest BCUT2D eigenvalue weighted by atomic mass is 16.6. The summed E-state index contributed by atoms with van der Waals surface area (Å²) in [5.74, 6) is -2.16. The molecule has 2 bridgehead atoms. The number of hydrogen-bond acceptors (Lipinski definition) is 11. The van der Waals surface area contributed by atoms with E-state index in [1.54, 1.807) is 6.08 Å². The Morgan fingerprint density at radius 1 is 1.17 bits per heavy atom. The molecule has 0 aromatic carbocycles. The van der Waals surface area contributed by atoms with Crippen molar-refractivity contribution in [3.63, 3.8) is 0 Å². The van der Waals surface area contributed by atoms with Gasteiger partial charge in [-0.3, -0.25) is 9.59 Å². The molecule has 42 heavy (non-hydrogen) atoms. The van der Waals surface area contributed by atoms with Crippen LogP contribution in [0.15, 0.2) is 36.0 Å². The Hall–Kier alpha value is -2.57. The first-order valence-electron chi connectivity index (χ1n) is 14.6. The summed E-state index contributed by atoms with van der Waals surface area (Å²) in [6, 6.07) is 0. The summed E-state index contributed by atoms with van der Waals surface area (Å²) in [6.45, 7) is 8.46. The summed E-state index contributed by atoms with van der Waals surface area (Å²) in [5, 5.41) is 21.2. The molecule has 0 radical (unpaired) electrons. The number of ether oxygens (including phenoxy) is 6. The quantitative estimate of drug-likeness (QED) is 0.210. The van der Waals surface area contributed by atoms with Crippen LogP contribution < -0.4 is 0 Å². The molecule has 3 heterocycles. The Morgan fingerprint density at radius 3 is 2.57 bits per heavy atom. The van der Waals surface area contributed by atoms with Crippen molar-refractivity contribution < 1.29 is 53.0 Å². The molecule has 0 amide bonds. The van der Waals surface area contributed by atoms with E-state index >= 15 is 0 Å². The van der Waals surface area contributed by atoms with E-state index in [0.717, 1.165) is 5.57 Å². The van der Waals surface area contributed by atoms with Crippen molar-refractivity contribution in [3.8, 4) is 0 Å². The van der Waals surface area contributed by atoms with Crippen molar-refractivity contribution >= 4 is 17.9 Å². The van der Waals surface area contributed by atoms with E-state index in [9.17, 15) is 24.6 Å².